The van der Waals surface area contributed by atoms with Crippen LogP contribution in [0.2, 0.25) is 0 Å². The fraction of sp³-hybridized carbons (Fsp3) is 0.120. The van der Waals surface area contributed by atoms with Gasteiger partial charge in [0.2, 0.25) is 5.91 Å². The fourth-order valence-corrected chi connectivity index (χ4v) is 3.62. The zero-order valence-corrected chi connectivity index (χ0v) is 17.3. The number of nitrogens with one attached hydrogen (secondary N) is 2. The van der Waals surface area contributed by atoms with Crippen LogP contribution in [0.5, 0.6) is 0 Å². The minimum atomic E-state index is -1.05. The van der Waals surface area contributed by atoms with Gasteiger partial charge < -0.3 is 10.4 Å². The number of aromatic nitrogens is 2. The molecule has 0 aliphatic carbocycles. The Kier molecular flexibility index (Phi) is 5.81. The van der Waals surface area contributed by atoms with Crippen LogP contribution in [0.25, 0.3) is 22.0 Å². The molecule has 0 aliphatic heterocycles. The molecule has 0 saturated heterocycles. The Morgan fingerprint density at radius 3 is 2.31 bits per heavy atom. The lowest BCUT2D eigenvalue weighted by Gasteiger charge is -2.14. The van der Waals surface area contributed by atoms with Crippen molar-refractivity contribution in [3.8, 4) is 11.1 Å². The van der Waals surface area contributed by atoms with Crippen molar-refractivity contribution >= 4 is 34.4 Å². The van der Waals surface area contributed by atoms with Gasteiger partial charge in [-0.3, -0.25) is 19.5 Å². The zero-order valence-electron chi connectivity index (χ0n) is 17.3. The summed E-state index contributed by atoms with van der Waals surface area (Å²) in [6.07, 6.45) is -0.321. The standard InChI is InChI=1S/C25H21N3O4/c1-15(29)16-7-9-17(10-8-16)19-11-12-20-22(13-19)27-28-24(20)26-25(32)21(14-23(30)31)18-5-3-2-4-6-18/h2-13,21H,14H2,1H3,(H,30,31)(H2,26,27,28,32). The number of fused-ring (bicyclic) bond motifs is 1. The van der Waals surface area contributed by atoms with E-state index in [9.17, 15) is 19.5 Å². The number of carbonyl (C=O) groups is 3. The first-order chi connectivity index (χ1) is 15.4. The number of carboxylic acids is 1. The number of rotatable bonds is 7. The molecule has 0 fully saturated rings. The van der Waals surface area contributed by atoms with Crippen molar-refractivity contribution in [3.05, 3.63) is 83.9 Å². The van der Waals surface area contributed by atoms with Crippen LogP contribution in [0.1, 0.15) is 35.2 Å². The number of ketones is 1. The van der Waals surface area contributed by atoms with Crippen molar-refractivity contribution < 1.29 is 19.5 Å². The molecule has 0 bridgehead atoms. The maximum absolute atomic E-state index is 12.9. The highest BCUT2D eigenvalue weighted by molar-refractivity contribution is 6.04. The number of hydrogen-bond acceptors (Lipinski definition) is 4. The molecular weight excluding hydrogens is 406 g/mol. The molecule has 4 rings (SSSR count). The number of Topliss-reactive ketones (excluding diaryl/α,β-unsaturated/α-hetero) is 1. The van der Waals surface area contributed by atoms with E-state index in [0.717, 1.165) is 16.6 Å². The van der Waals surface area contributed by atoms with Gasteiger partial charge in [-0.25, -0.2) is 0 Å². The predicted octanol–water partition coefficient (Wildman–Crippen LogP) is 4.63. The van der Waals surface area contributed by atoms with Crippen LogP contribution >= 0.6 is 0 Å². The van der Waals surface area contributed by atoms with Crippen LogP contribution < -0.4 is 5.32 Å². The van der Waals surface area contributed by atoms with Gasteiger partial charge >= 0.3 is 5.97 Å². The topological polar surface area (TPSA) is 112 Å². The molecule has 3 N–H and O–H groups in total. The Hall–Kier alpha value is -4.26. The van der Waals surface area contributed by atoms with E-state index in [1.807, 2.05) is 36.4 Å². The van der Waals surface area contributed by atoms with Crippen LogP contribution in [0.4, 0.5) is 5.82 Å². The number of amides is 1. The normalized spacial score (nSPS) is 11.8. The first-order valence-corrected chi connectivity index (χ1v) is 10.1. The first kappa shape index (κ1) is 21.0. The van der Waals surface area contributed by atoms with Gasteiger partial charge in [-0.2, -0.15) is 5.10 Å². The molecule has 1 atom stereocenters. The SMILES string of the molecule is CC(=O)c1ccc(-c2ccc3c(NC(=O)C(CC(=O)O)c4ccccc4)n[nH]c3c2)cc1. The van der Waals surface area contributed by atoms with Gasteiger partial charge in [0.05, 0.1) is 17.9 Å². The molecule has 0 radical (unpaired) electrons. The summed E-state index contributed by atoms with van der Waals surface area (Å²) in [7, 11) is 0. The lowest BCUT2D eigenvalue weighted by molar-refractivity contribution is -0.139. The predicted molar refractivity (Wildman–Crippen MR) is 122 cm³/mol. The Bertz CT molecular complexity index is 1290. The van der Waals surface area contributed by atoms with Crippen molar-refractivity contribution in [1.82, 2.24) is 10.2 Å². The summed E-state index contributed by atoms with van der Waals surface area (Å²) in [6.45, 7) is 1.53. The minimum Gasteiger partial charge on any atom is -0.481 e. The van der Waals surface area contributed by atoms with Gasteiger partial charge in [0.25, 0.3) is 0 Å². The molecule has 7 heteroatoms. The number of anilines is 1. The smallest absolute Gasteiger partial charge is 0.304 e. The molecule has 0 aliphatic rings. The van der Waals surface area contributed by atoms with Gasteiger partial charge in [0.15, 0.2) is 11.6 Å². The number of benzene rings is 3. The molecule has 3 aromatic carbocycles. The highest BCUT2D eigenvalue weighted by Crippen LogP contribution is 2.29. The van der Waals surface area contributed by atoms with E-state index in [1.54, 1.807) is 36.4 Å². The molecule has 0 spiro atoms. The Morgan fingerprint density at radius 2 is 1.66 bits per heavy atom. The van der Waals surface area contributed by atoms with E-state index in [0.29, 0.717) is 22.3 Å². The maximum atomic E-state index is 12.9. The maximum Gasteiger partial charge on any atom is 0.304 e. The van der Waals surface area contributed by atoms with Crippen LogP contribution in [0, 0.1) is 0 Å². The summed E-state index contributed by atoms with van der Waals surface area (Å²) in [4.78, 5) is 35.7. The monoisotopic (exact) mass is 427 g/mol. The Labute approximate surface area is 184 Å². The summed E-state index contributed by atoms with van der Waals surface area (Å²) in [5.41, 5.74) is 3.88. The summed E-state index contributed by atoms with van der Waals surface area (Å²) >= 11 is 0. The second kappa shape index (κ2) is 8.85. The highest BCUT2D eigenvalue weighted by atomic mass is 16.4. The molecule has 1 aromatic heterocycles. The third kappa shape index (κ3) is 4.41. The first-order valence-electron chi connectivity index (χ1n) is 10.1. The van der Waals surface area contributed by atoms with E-state index >= 15 is 0 Å². The van der Waals surface area contributed by atoms with E-state index in [4.69, 9.17) is 0 Å². The third-order valence-corrected chi connectivity index (χ3v) is 5.33. The van der Waals surface area contributed by atoms with E-state index in [-0.39, 0.29) is 12.2 Å². The van der Waals surface area contributed by atoms with E-state index in [2.05, 4.69) is 15.5 Å². The molecule has 1 unspecified atom stereocenters. The number of hydrogen-bond donors (Lipinski definition) is 3. The van der Waals surface area contributed by atoms with E-state index in [1.165, 1.54) is 6.92 Å². The highest BCUT2D eigenvalue weighted by Gasteiger charge is 2.25. The molecule has 32 heavy (non-hydrogen) atoms. The summed E-state index contributed by atoms with van der Waals surface area (Å²) in [5.74, 6) is -1.97. The molecule has 1 heterocycles. The van der Waals surface area contributed by atoms with Crippen LogP contribution in [0.15, 0.2) is 72.8 Å². The fourth-order valence-electron chi connectivity index (χ4n) is 3.62. The summed E-state index contributed by atoms with van der Waals surface area (Å²) < 4.78 is 0. The van der Waals surface area contributed by atoms with E-state index < -0.39 is 17.8 Å². The second-order valence-electron chi connectivity index (χ2n) is 7.52. The third-order valence-electron chi connectivity index (χ3n) is 5.33. The number of aliphatic carboxylic acids is 1. The lowest BCUT2D eigenvalue weighted by atomic mass is 9.95. The number of H-pyrrole nitrogens is 1. The average Bonchev–Trinajstić information content (AvgIpc) is 3.19. The lowest BCUT2D eigenvalue weighted by Crippen LogP contribution is -2.23. The quantitative estimate of drug-likeness (QED) is 0.372. The Morgan fingerprint density at radius 1 is 0.969 bits per heavy atom. The molecule has 4 aromatic rings. The molecule has 1 amide bonds. The van der Waals surface area contributed by atoms with Crippen molar-refractivity contribution in [2.75, 3.05) is 5.32 Å². The van der Waals surface area contributed by atoms with Crippen LogP contribution in [-0.4, -0.2) is 33.0 Å². The number of carboxylic acid groups (broad SMARTS) is 1. The number of carbonyl (C=O) groups excluding carboxylic acids is 2. The zero-order chi connectivity index (χ0) is 22.7. The average molecular weight is 427 g/mol. The minimum absolute atomic E-state index is 0.0117. The molecule has 0 saturated carbocycles. The van der Waals surface area contributed by atoms with Gasteiger partial charge in [-0.15, -0.1) is 0 Å². The second-order valence-corrected chi connectivity index (χ2v) is 7.52. The van der Waals surface area contributed by atoms with Crippen LogP contribution in [0.3, 0.4) is 0 Å². The number of aromatic amines is 1. The van der Waals surface area contributed by atoms with Gasteiger partial charge in [-0.05, 0) is 35.7 Å². The molecular formula is C25H21N3O4. The summed E-state index contributed by atoms with van der Waals surface area (Å²) in [5, 5.41) is 19.9. The molecule has 7 nitrogen and oxygen atoms in total. The largest absolute Gasteiger partial charge is 0.481 e. The van der Waals surface area contributed by atoms with Crippen molar-refractivity contribution in [1.29, 1.82) is 0 Å². The van der Waals surface area contributed by atoms with Gasteiger partial charge in [0, 0.05) is 10.9 Å². The Balaban J connectivity index is 1.59. The van der Waals surface area contributed by atoms with Crippen LogP contribution in [-0.2, 0) is 9.59 Å². The van der Waals surface area contributed by atoms with Gasteiger partial charge in [0.1, 0.15) is 0 Å². The summed E-state index contributed by atoms with van der Waals surface area (Å²) in [6, 6.07) is 21.8. The van der Waals surface area contributed by atoms with Crippen molar-refractivity contribution in [3.63, 3.8) is 0 Å². The van der Waals surface area contributed by atoms with Crippen molar-refractivity contribution in [2.45, 2.75) is 19.3 Å². The molecule has 160 valence electrons. The van der Waals surface area contributed by atoms with Gasteiger partial charge in [-0.1, -0.05) is 60.7 Å². The number of nitrogens with zero attached hydrogens (tertiary/aromatic N) is 1. The van der Waals surface area contributed by atoms with Crippen molar-refractivity contribution in [2.24, 2.45) is 0 Å².